The highest BCUT2D eigenvalue weighted by molar-refractivity contribution is 7.80. The molecular weight excluding hydrogens is 196 g/mol. The van der Waals surface area contributed by atoms with Crippen LogP contribution >= 0.6 is 12.6 Å². The number of rotatable bonds is 3. The molecule has 0 aromatic heterocycles. The molecule has 0 saturated carbocycles. The summed E-state index contributed by atoms with van der Waals surface area (Å²) in [4.78, 5) is 4.60. The third-order valence-electron chi connectivity index (χ3n) is 2.28. The van der Waals surface area contributed by atoms with E-state index >= 15 is 0 Å². The number of hydrogen-bond donors (Lipinski definition) is 2. The fourth-order valence-corrected chi connectivity index (χ4v) is 1.50. The van der Waals surface area contributed by atoms with Crippen LogP contribution in [0.1, 0.15) is 0 Å². The lowest BCUT2D eigenvalue weighted by Gasteiger charge is -2.33. The van der Waals surface area contributed by atoms with E-state index in [-0.39, 0.29) is 6.10 Å². The molecule has 3 nitrogen and oxygen atoms in total. The van der Waals surface area contributed by atoms with Gasteiger partial charge >= 0.3 is 0 Å². The first kappa shape index (κ1) is 14.0. The van der Waals surface area contributed by atoms with Gasteiger partial charge in [-0.2, -0.15) is 12.6 Å². The molecule has 4 heteroatoms. The fourth-order valence-electron chi connectivity index (χ4n) is 1.39. The molecule has 0 bridgehead atoms. The van der Waals surface area contributed by atoms with Gasteiger partial charge in [-0.1, -0.05) is 0 Å². The summed E-state index contributed by atoms with van der Waals surface area (Å²) in [5.74, 6) is 0.562. The summed E-state index contributed by atoms with van der Waals surface area (Å²) in [6, 6.07) is 0. The van der Waals surface area contributed by atoms with Gasteiger partial charge in [0.25, 0.3) is 0 Å². The number of β-amino-alcohol motifs (C(OH)–C–C–N with tert-alkyl or cyclic N) is 1. The van der Waals surface area contributed by atoms with Crippen LogP contribution in [0.15, 0.2) is 13.2 Å². The van der Waals surface area contributed by atoms with Gasteiger partial charge in [-0.3, -0.25) is 4.90 Å². The smallest absolute Gasteiger partial charge is 0.0754 e. The van der Waals surface area contributed by atoms with Gasteiger partial charge < -0.3 is 10.0 Å². The predicted molar refractivity (Wildman–Crippen MR) is 65.1 cm³/mol. The van der Waals surface area contributed by atoms with Crippen molar-refractivity contribution >= 4 is 12.6 Å². The summed E-state index contributed by atoms with van der Waals surface area (Å²) in [7, 11) is 2.13. The Bertz CT molecular complexity index is 138. The maximum Gasteiger partial charge on any atom is 0.0754 e. The van der Waals surface area contributed by atoms with Gasteiger partial charge in [0.15, 0.2) is 0 Å². The Morgan fingerprint density at radius 2 is 1.79 bits per heavy atom. The number of thiol groups is 1. The van der Waals surface area contributed by atoms with Gasteiger partial charge in [0, 0.05) is 38.5 Å². The van der Waals surface area contributed by atoms with E-state index < -0.39 is 0 Å². The summed E-state index contributed by atoms with van der Waals surface area (Å²) >= 11 is 4.05. The molecule has 1 aliphatic rings. The largest absolute Gasteiger partial charge is 0.391 e. The molecule has 1 rings (SSSR count). The molecule has 1 unspecified atom stereocenters. The molecule has 0 aliphatic carbocycles. The van der Waals surface area contributed by atoms with Crippen molar-refractivity contribution in [3.05, 3.63) is 13.2 Å². The van der Waals surface area contributed by atoms with Gasteiger partial charge in [0.05, 0.1) is 6.10 Å². The zero-order valence-corrected chi connectivity index (χ0v) is 9.92. The second-order valence-electron chi connectivity index (χ2n) is 3.44. The first-order valence-electron chi connectivity index (χ1n) is 4.92. The van der Waals surface area contributed by atoms with Crippen LogP contribution in [0.25, 0.3) is 0 Å². The standard InChI is InChI=1S/C8H18N2OS.C2H4/c1-9-2-4-10(5-3-9)6-8(11)7-12;1-2/h8,11-12H,2-7H2,1H3;1-2H2. The molecule has 0 spiro atoms. The second kappa shape index (κ2) is 8.29. The lowest BCUT2D eigenvalue weighted by molar-refractivity contribution is 0.0922. The van der Waals surface area contributed by atoms with Crippen molar-refractivity contribution in [1.29, 1.82) is 0 Å². The molecule has 1 fully saturated rings. The molecule has 0 aromatic rings. The van der Waals surface area contributed by atoms with E-state index in [1.807, 2.05) is 0 Å². The van der Waals surface area contributed by atoms with Crippen molar-refractivity contribution in [2.24, 2.45) is 0 Å². The third kappa shape index (κ3) is 5.65. The van der Waals surface area contributed by atoms with Crippen LogP contribution in [0.4, 0.5) is 0 Å². The maximum absolute atomic E-state index is 9.34. The lowest BCUT2D eigenvalue weighted by Crippen LogP contribution is -2.47. The lowest BCUT2D eigenvalue weighted by atomic mass is 10.3. The van der Waals surface area contributed by atoms with Crippen molar-refractivity contribution < 1.29 is 5.11 Å². The highest BCUT2D eigenvalue weighted by atomic mass is 32.1. The van der Waals surface area contributed by atoms with Crippen LogP contribution < -0.4 is 0 Å². The van der Waals surface area contributed by atoms with Gasteiger partial charge in [-0.05, 0) is 7.05 Å². The van der Waals surface area contributed by atoms with Gasteiger partial charge in [0.1, 0.15) is 0 Å². The zero-order valence-electron chi connectivity index (χ0n) is 9.02. The number of aliphatic hydroxyl groups excluding tert-OH is 1. The van der Waals surface area contributed by atoms with Crippen LogP contribution in [0.2, 0.25) is 0 Å². The molecule has 0 aromatic carbocycles. The molecule has 1 aliphatic heterocycles. The number of nitrogens with zero attached hydrogens (tertiary/aromatic N) is 2. The zero-order chi connectivity index (χ0) is 11.0. The van der Waals surface area contributed by atoms with Crippen molar-refractivity contribution in [1.82, 2.24) is 9.80 Å². The average molecular weight is 218 g/mol. The van der Waals surface area contributed by atoms with E-state index in [2.05, 4.69) is 42.6 Å². The first-order chi connectivity index (χ1) is 6.72. The van der Waals surface area contributed by atoms with Gasteiger partial charge in [-0.15, -0.1) is 13.2 Å². The number of likely N-dealkylation sites (N-methyl/N-ethyl adjacent to an activating group) is 1. The van der Waals surface area contributed by atoms with Gasteiger partial charge in [0.2, 0.25) is 0 Å². The van der Waals surface area contributed by atoms with E-state index in [0.717, 1.165) is 32.7 Å². The molecule has 1 N–H and O–H groups in total. The minimum Gasteiger partial charge on any atom is -0.391 e. The Balaban J connectivity index is 0.000000791. The van der Waals surface area contributed by atoms with E-state index in [1.165, 1.54) is 0 Å². The van der Waals surface area contributed by atoms with Crippen LogP contribution in [0.5, 0.6) is 0 Å². The van der Waals surface area contributed by atoms with Crippen molar-refractivity contribution in [3.63, 3.8) is 0 Å². The average Bonchev–Trinajstić information content (AvgIpc) is 2.24. The van der Waals surface area contributed by atoms with Crippen LogP contribution in [-0.4, -0.2) is 66.5 Å². The van der Waals surface area contributed by atoms with Crippen LogP contribution in [0.3, 0.4) is 0 Å². The third-order valence-corrected chi connectivity index (χ3v) is 2.70. The molecule has 0 radical (unpaired) electrons. The maximum atomic E-state index is 9.34. The Hall–Kier alpha value is -0.0300. The molecule has 1 heterocycles. The SMILES string of the molecule is C=C.CN1CCN(CC(O)CS)CC1. The highest BCUT2D eigenvalue weighted by Crippen LogP contribution is 2.00. The Morgan fingerprint density at radius 1 is 1.29 bits per heavy atom. The molecular formula is C10H22N2OS. The normalized spacial score (nSPS) is 21.1. The first-order valence-corrected chi connectivity index (χ1v) is 5.55. The minimum atomic E-state index is -0.267. The number of aliphatic hydroxyl groups is 1. The second-order valence-corrected chi connectivity index (χ2v) is 3.81. The number of piperazine rings is 1. The summed E-state index contributed by atoms with van der Waals surface area (Å²) < 4.78 is 0. The van der Waals surface area contributed by atoms with Crippen molar-refractivity contribution in [2.45, 2.75) is 6.10 Å². The summed E-state index contributed by atoms with van der Waals surface area (Å²) in [6.45, 7) is 11.1. The van der Waals surface area contributed by atoms with Crippen molar-refractivity contribution in [3.8, 4) is 0 Å². The Labute approximate surface area is 92.8 Å². The molecule has 0 amide bonds. The quantitative estimate of drug-likeness (QED) is 0.528. The van der Waals surface area contributed by atoms with Crippen LogP contribution in [0, 0.1) is 0 Å². The topological polar surface area (TPSA) is 26.7 Å². The monoisotopic (exact) mass is 218 g/mol. The van der Waals surface area contributed by atoms with E-state index in [4.69, 9.17) is 0 Å². The number of hydrogen-bond acceptors (Lipinski definition) is 4. The van der Waals surface area contributed by atoms with E-state index in [1.54, 1.807) is 0 Å². The van der Waals surface area contributed by atoms with E-state index in [9.17, 15) is 5.11 Å². The molecule has 1 atom stereocenters. The van der Waals surface area contributed by atoms with Crippen LogP contribution in [-0.2, 0) is 0 Å². The minimum absolute atomic E-state index is 0.267. The molecule has 14 heavy (non-hydrogen) atoms. The molecule has 84 valence electrons. The Kier molecular flexibility index (Phi) is 8.27. The predicted octanol–water partition coefficient (Wildman–Crippen LogP) is 0.327. The van der Waals surface area contributed by atoms with Gasteiger partial charge in [-0.25, -0.2) is 0 Å². The highest BCUT2D eigenvalue weighted by Gasteiger charge is 2.15. The summed E-state index contributed by atoms with van der Waals surface area (Å²) in [5, 5.41) is 9.34. The summed E-state index contributed by atoms with van der Waals surface area (Å²) in [5.41, 5.74) is 0. The fraction of sp³-hybridized carbons (Fsp3) is 0.800. The van der Waals surface area contributed by atoms with E-state index in [0.29, 0.717) is 5.75 Å². The summed E-state index contributed by atoms with van der Waals surface area (Å²) in [6.07, 6.45) is -0.267. The Morgan fingerprint density at radius 3 is 2.21 bits per heavy atom. The molecule has 1 saturated heterocycles. The van der Waals surface area contributed by atoms with Crippen molar-refractivity contribution in [2.75, 3.05) is 45.5 Å².